The molecular weight excluding hydrogens is 310 g/mol. The van der Waals surface area contributed by atoms with E-state index in [1.807, 2.05) is 35.3 Å². The molecule has 0 fully saturated rings. The maximum atomic E-state index is 6.35. The van der Waals surface area contributed by atoms with Gasteiger partial charge in [-0.1, -0.05) is 18.2 Å². The van der Waals surface area contributed by atoms with Crippen molar-refractivity contribution in [1.82, 2.24) is 9.78 Å². The van der Waals surface area contributed by atoms with Crippen LogP contribution in [-0.4, -0.2) is 9.78 Å². The number of hydrogen-bond acceptors (Lipinski definition) is 3. The highest BCUT2D eigenvalue weighted by Crippen LogP contribution is 2.33. The van der Waals surface area contributed by atoms with Gasteiger partial charge in [-0.15, -0.1) is 11.3 Å². The lowest BCUT2D eigenvalue weighted by Crippen LogP contribution is -2.12. The fourth-order valence-electron chi connectivity index (χ4n) is 2.12. The van der Waals surface area contributed by atoms with Crippen LogP contribution in [0.1, 0.15) is 16.6 Å². The third-order valence-electron chi connectivity index (χ3n) is 3.01. The molecule has 2 aromatic heterocycles. The smallest absolute Gasteiger partial charge is 0.0924 e. The Morgan fingerprint density at radius 2 is 2.11 bits per heavy atom. The van der Waals surface area contributed by atoms with Crippen LogP contribution >= 0.6 is 27.3 Å². The molecule has 0 bridgehead atoms. The van der Waals surface area contributed by atoms with Crippen molar-refractivity contribution in [3.05, 3.63) is 50.8 Å². The summed E-state index contributed by atoms with van der Waals surface area (Å²) < 4.78 is 2.93. The molecule has 18 heavy (non-hydrogen) atoms. The van der Waals surface area contributed by atoms with E-state index in [0.717, 1.165) is 25.9 Å². The summed E-state index contributed by atoms with van der Waals surface area (Å²) in [6.45, 7) is 0. The van der Waals surface area contributed by atoms with Gasteiger partial charge in [-0.25, -0.2) is 0 Å². The summed E-state index contributed by atoms with van der Waals surface area (Å²) in [4.78, 5) is 1.11. The Morgan fingerprint density at radius 3 is 2.83 bits per heavy atom. The van der Waals surface area contributed by atoms with Gasteiger partial charge in [0, 0.05) is 21.8 Å². The maximum Gasteiger partial charge on any atom is 0.0924 e. The quantitative estimate of drug-likeness (QED) is 0.785. The highest BCUT2D eigenvalue weighted by atomic mass is 79.9. The predicted octanol–water partition coefficient (Wildman–Crippen LogP) is 3.45. The molecule has 1 unspecified atom stereocenters. The van der Waals surface area contributed by atoms with Crippen molar-refractivity contribution in [3.63, 3.8) is 0 Å². The van der Waals surface area contributed by atoms with Crippen molar-refractivity contribution in [3.8, 4) is 0 Å². The number of aryl methyl sites for hydroxylation is 1. The summed E-state index contributed by atoms with van der Waals surface area (Å²) in [6.07, 6.45) is 0. The van der Waals surface area contributed by atoms with E-state index in [-0.39, 0.29) is 6.04 Å². The third kappa shape index (κ3) is 1.79. The van der Waals surface area contributed by atoms with E-state index < -0.39 is 0 Å². The summed E-state index contributed by atoms with van der Waals surface area (Å²) in [5.74, 6) is 0. The standard InChI is InChI=1S/C13H12BrN3S/c1-17-10-5-3-2-4-8(10)12(16-17)11(15)13-9(14)6-7-18-13/h2-7,11H,15H2,1H3. The van der Waals surface area contributed by atoms with Crippen molar-refractivity contribution in [2.75, 3.05) is 0 Å². The number of para-hydroxylation sites is 1. The Balaban J connectivity index is 2.18. The van der Waals surface area contributed by atoms with Gasteiger partial charge < -0.3 is 5.73 Å². The topological polar surface area (TPSA) is 43.8 Å². The van der Waals surface area contributed by atoms with Crippen LogP contribution in [-0.2, 0) is 7.05 Å². The first-order valence-electron chi connectivity index (χ1n) is 5.58. The van der Waals surface area contributed by atoms with Crippen LogP contribution in [0.25, 0.3) is 10.9 Å². The lowest BCUT2D eigenvalue weighted by atomic mass is 10.1. The van der Waals surface area contributed by atoms with Gasteiger partial charge in [-0.2, -0.15) is 5.10 Å². The fourth-order valence-corrected chi connectivity index (χ4v) is 3.75. The van der Waals surface area contributed by atoms with Gasteiger partial charge >= 0.3 is 0 Å². The van der Waals surface area contributed by atoms with Gasteiger partial charge in [-0.05, 0) is 33.4 Å². The zero-order valence-corrected chi connectivity index (χ0v) is 12.2. The molecule has 3 rings (SSSR count). The molecule has 2 N–H and O–H groups in total. The number of fused-ring (bicyclic) bond motifs is 1. The number of aromatic nitrogens is 2. The van der Waals surface area contributed by atoms with Crippen molar-refractivity contribution in [1.29, 1.82) is 0 Å². The summed E-state index contributed by atoms with van der Waals surface area (Å²) >= 11 is 5.18. The largest absolute Gasteiger partial charge is 0.318 e. The molecule has 0 aliphatic heterocycles. The van der Waals surface area contributed by atoms with Crippen LogP contribution in [0.5, 0.6) is 0 Å². The lowest BCUT2D eigenvalue weighted by molar-refractivity contribution is 0.736. The van der Waals surface area contributed by atoms with Crippen LogP contribution in [0.3, 0.4) is 0 Å². The number of rotatable bonds is 2. The molecule has 5 heteroatoms. The monoisotopic (exact) mass is 321 g/mol. The minimum absolute atomic E-state index is 0.189. The molecule has 3 nitrogen and oxygen atoms in total. The van der Waals surface area contributed by atoms with Crippen LogP contribution in [0.4, 0.5) is 0 Å². The molecule has 0 aliphatic rings. The van der Waals surface area contributed by atoms with Crippen molar-refractivity contribution >= 4 is 38.2 Å². The van der Waals surface area contributed by atoms with Crippen molar-refractivity contribution < 1.29 is 0 Å². The van der Waals surface area contributed by atoms with Gasteiger partial charge in [-0.3, -0.25) is 4.68 Å². The Bertz CT molecular complexity index is 701. The van der Waals surface area contributed by atoms with E-state index in [1.54, 1.807) is 11.3 Å². The first-order chi connectivity index (χ1) is 8.68. The molecule has 0 saturated carbocycles. The van der Waals surface area contributed by atoms with Gasteiger partial charge in [0.1, 0.15) is 0 Å². The summed E-state index contributed by atoms with van der Waals surface area (Å²) in [5.41, 5.74) is 8.38. The van der Waals surface area contributed by atoms with E-state index in [9.17, 15) is 0 Å². The van der Waals surface area contributed by atoms with Crippen LogP contribution in [0.2, 0.25) is 0 Å². The number of benzene rings is 1. The zero-order chi connectivity index (χ0) is 12.7. The third-order valence-corrected chi connectivity index (χ3v) is 4.96. The first kappa shape index (κ1) is 11.9. The maximum absolute atomic E-state index is 6.35. The minimum Gasteiger partial charge on any atom is -0.318 e. The first-order valence-corrected chi connectivity index (χ1v) is 7.26. The second-order valence-corrected chi connectivity index (χ2v) is 5.94. The Kier molecular flexibility index (Phi) is 2.97. The second-order valence-electron chi connectivity index (χ2n) is 4.14. The van der Waals surface area contributed by atoms with Gasteiger partial charge in [0.15, 0.2) is 0 Å². The van der Waals surface area contributed by atoms with Crippen molar-refractivity contribution in [2.24, 2.45) is 12.8 Å². The summed E-state index contributed by atoms with van der Waals surface area (Å²) in [5, 5.41) is 7.71. The molecule has 92 valence electrons. The number of hydrogen-bond donors (Lipinski definition) is 1. The molecule has 1 aromatic carbocycles. The van der Waals surface area contributed by atoms with E-state index in [4.69, 9.17) is 5.73 Å². The zero-order valence-electron chi connectivity index (χ0n) is 9.80. The molecule has 0 spiro atoms. The molecule has 2 heterocycles. The molecule has 0 saturated heterocycles. The van der Waals surface area contributed by atoms with Crippen LogP contribution in [0, 0.1) is 0 Å². The minimum atomic E-state index is -0.189. The van der Waals surface area contributed by atoms with Gasteiger partial charge in [0.2, 0.25) is 0 Å². The lowest BCUT2D eigenvalue weighted by Gasteiger charge is -2.07. The number of halogens is 1. The summed E-state index contributed by atoms with van der Waals surface area (Å²) in [6, 6.07) is 9.99. The Hall–Kier alpha value is -1.17. The Labute approximate surface area is 117 Å². The Morgan fingerprint density at radius 1 is 1.33 bits per heavy atom. The molecular formula is C13H12BrN3S. The molecule has 1 atom stereocenters. The number of nitrogens with two attached hydrogens (primary N) is 1. The number of thiophene rings is 1. The van der Waals surface area contributed by atoms with E-state index in [1.165, 1.54) is 0 Å². The van der Waals surface area contributed by atoms with Crippen molar-refractivity contribution in [2.45, 2.75) is 6.04 Å². The van der Waals surface area contributed by atoms with Gasteiger partial charge in [0.05, 0.1) is 17.3 Å². The highest BCUT2D eigenvalue weighted by molar-refractivity contribution is 9.10. The molecule has 0 radical (unpaired) electrons. The average molecular weight is 322 g/mol. The number of nitrogens with zero attached hydrogens (tertiary/aromatic N) is 2. The molecule has 3 aromatic rings. The SMILES string of the molecule is Cn1nc(C(N)c2sccc2Br)c2ccccc21. The second kappa shape index (κ2) is 4.50. The van der Waals surface area contributed by atoms with E-state index in [2.05, 4.69) is 33.2 Å². The predicted molar refractivity (Wildman–Crippen MR) is 78.8 cm³/mol. The van der Waals surface area contributed by atoms with Gasteiger partial charge in [0.25, 0.3) is 0 Å². The van der Waals surface area contributed by atoms with E-state index in [0.29, 0.717) is 0 Å². The average Bonchev–Trinajstić information content (AvgIpc) is 2.94. The normalized spacial score (nSPS) is 13.1. The highest BCUT2D eigenvalue weighted by Gasteiger charge is 2.19. The van der Waals surface area contributed by atoms with Crippen LogP contribution in [0.15, 0.2) is 40.2 Å². The van der Waals surface area contributed by atoms with E-state index >= 15 is 0 Å². The van der Waals surface area contributed by atoms with Crippen LogP contribution < -0.4 is 5.73 Å². The molecule has 0 aliphatic carbocycles. The fraction of sp³-hybridized carbons (Fsp3) is 0.154. The summed E-state index contributed by atoms with van der Waals surface area (Å²) in [7, 11) is 1.95. The molecule has 0 amide bonds.